The number of halogens is 1. The first-order valence-electron chi connectivity index (χ1n) is 8.60. The van der Waals surface area contributed by atoms with Crippen molar-refractivity contribution in [3.05, 3.63) is 26.8 Å². The maximum atomic E-state index is 12.1. The highest BCUT2D eigenvalue weighted by Gasteiger charge is 2.38. The summed E-state index contributed by atoms with van der Waals surface area (Å²) >= 11 is 2.01. The first-order chi connectivity index (χ1) is 13.2. The quantitative estimate of drug-likeness (QED) is 0.242. The van der Waals surface area contributed by atoms with E-state index in [1.54, 1.807) is 26.0 Å². The Morgan fingerprint density at radius 2 is 1.75 bits per heavy atom. The second kappa shape index (κ2) is 9.26. The Morgan fingerprint density at radius 1 is 1.11 bits per heavy atom. The van der Waals surface area contributed by atoms with Crippen LogP contribution in [0.4, 0.5) is 0 Å². The van der Waals surface area contributed by atoms with Crippen LogP contribution in [-0.2, 0) is 28.6 Å². The highest BCUT2D eigenvalue weighted by molar-refractivity contribution is 14.1. The van der Waals surface area contributed by atoms with Crippen LogP contribution in [0.25, 0.3) is 6.08 Å². The summed E-state index contributed by atoms with van der Waals surface area (Å²) in [7, 11) is 0. The molecule has 0 aliphatic carbocycles. The molecule has 0 amide bonds. The van der Waals surface area contributed by atoms with Gasteiger partial charge < -0.3 is 23.7 Å². The molecule has 0 bridgehead atoms. The van der Waals surface area contributed by atoms with Crippen LogP contribution >= 0.6 is 22.6 Å². The standard InChI is InChI=1S/C19H21IO8/c1-5-24-14-9-11(7-12-17(22)27-19(3,4)28-18(12)23)8-13(20)16(14)26-10-15(21)25-6-2/h7-9H,5-6,10H2,1-4H3. The van der Waals surface area contributed by atoms with Crippen molar-refractivity contribution in [3.8, 4) is 11.5 Å². The van der Waals surface area contributed by atoms with Crippen LogP contribution in [-0.4, -0.2) is 43.5 Å². The van der Waals surface area contributed by atoms with Crippen LogP contribution in [0.5, 0.6) is 11.5 Å². The molecule has 0 unspecified atom stereocenters. The zero-order valence-corrected chi connectivity index (χ0v) is 18.2. The largest absolute Gasteiger partial charge is 0.490 e. The lowest BCUT2D eigenvalue weighted by Gasteiger charge is -2.29. The van der Waals surface area contributed by atoms with Gasteiger partial charge in [0.25, 0.3) is 5.79 Å². The molecule has 0 N–H and O–H groups in total. The first kappa shape index (κ1) is 22.0. The molecule has 2 rings (SSSR count). The Labute approximate surface area is 176 Å². The molecular weight excluding hydrogens is 483 g/mol. The molecule has 1 aromatic rings. The van der Waals surface area contributed by atoms with Crippen molar-refractivity contribution in [3.63, 3.8) is 0 Å². The van der Waals surface area contributed by atoms with Gasteiger partial charge in [0.2, 0.25) is 0 Å². The molecule has 0 aromatic heterocycles. The van der Waals surface area contributed by atoms with Gasteiger partial charge in [-0.25, -0.2) is 14.4 Å². The number of carbonyl (C=O) groups is 3. The average Bonchev–Trinajstić information content (AvgIpc) is 2.57. The summed E-state index contributed by atoms with van der Waals surface area (Å²) in [6.07, 6.45) is 1.36. The van der Waals surface area contributed by atoms with Crippen LogP contribution < -0.4 is 9.47 Å². The fourth-order valence-corrected chi connectivity index (χ4v) is 3.13. The number of carbonyl (C=O) groups excluding carboxylic acids is 3. The number of rotatable bonds is 7. The van der Waals surface area contributed by atoms with Gasteiger partial charge >= 0.3 is 17.9 Å². The van der Waals surface area contributed by atoms with Crippen molar-refractivity contribution >= 4 is 46.6 Å². The minimum Gasteiger partial charge on any atom is -0.490 e. The molecular formula is C19H21IO8. The van der Waals surface area contributed by atoms with E-state index in [4.69, 9.17) is 23.7 Å². The number of ether oxygens (including phenoxy) is 5. The van der Waals surface area contributed by atoms with Gasteiger partial charge in [-0.3, -0.25) is 0 Å². The molecule has 1 heterocycles. The normalized spacial score (nSPS) is 15.4. The van der Waals surface area contributed by atoms with Crippen molar-refractivity contribution < 1.29 is 38.1 Å². The lowest BCUT2D eigenvalue weighted by atomic mass is 10.1. The third-order valence-corrected chi connectivity index (χ3v) is 4.20. The lowest BCUT2D eigenvalue weighted by Crippen LogP contribution is -2.41. The molecule has 152 valence electrons. The van der Waals surface area contributed by atoms with Crippen LogP contribution in [0.2, 0.25) is 0 Å². The second-order valence-electron chi connectivity index (χ2n) is 6.09. The molecule has 28 heavy (non-hydrogen) atoms. The van der Waals surface area contributed by atoms with Gasteiger partial charge in [0.15, 0.2) is 18.1 Å². The molecule has 1 aliphatic rings. The summed E-state index contributed by atoms with van der Waals surface area (Å²) in [5, 5.41) is 0. The van der Waals surface area contributed by atoms with Gasteiger partial charge in [0.05, 0.1) is 16.8 Å². The average molecular weight is 504 g/mol. The van der Waals surface area contributed by atoms with Gasteiger partial charge in [-0.2, -0.15) is 0 Å². The fraction of sp³-hybridized carbons (Fsp3) is 0.421. The van der Waals surface area contributed by atoms with Gasteiger partial charge in [-0.05, 0) is 60.2 Å². The Hall–Kier alpha value is -2.30. The summed E-state index contributed by atoms with van der Waals surface area (Å²) in [5.41, 5.74) is 0.290. The second-order valence-corrected chi connectivity index (χ2v) is 7.26. The summed E-state index contributed by atoms with van der Waals surface area (Å²) in [4.78, 5) is 35.8. The van der Waals surface area contributed by atoms with E-state index in [1.807, 2.05) is 22.6 Å². The zero-order chi connectivity index (χ0) is 20.9. The first-order valence-corrected chi connectivity index (χ1v) is 9.67. The van der Waals surface area contributed by atoms with Crippen molar-refractivity contribution in [1.82, 2.24) is 0 Å². The minimum atomic E-state index is -1.30. The van der Waals surface area contributed by atoms with E-state index in [1.165, 1.54) is 19.9 Å². The highest BCUT2D eigenvalue weighted by Crippen LogP contribution is 2.35. The minimum absolute atomic E-state index is 0.224. The van der Waals surface area contributed by atoms with Crippen molar-refractivity contribution in [2.24, 2.45) is 0 Å². The fourth-order valence-electron chi connectivity index (χ4n) is 2.35. The summed E-state index contributed by atoms with van der Waals surface area (Å²) < 4.78 is 26.8. The van der Waals surface area contributed by atoms with Gasteiger partial charge in [0.1, 0.15) is 5.57 Å². The van der Waals surface area contributed by atoms with Gasteiger partial charge in [-0.15, -0.1) is 0 Å². The predicted molar refractivity (Wildman–Crippen MR) is 107 cm³/mol. The summed E-state index contributed by atoms with van der Waals surface area (Å²) in [5.74, 6) is -2.60. The van der Waals surface area contributed by atoms with E-state index >= 15 is 0 Å². The smallest absolute Gasteiger partial charge is 0.348 e. The van der Waals surface area contributed by atoms with Crippen molar-refractivity contribution in [2.45, 2.75) is 33.5 Å². The Bertz CT molecular complexity index is 790. The van der Waals surface area contributed by atoms with Crippen LogP contribution in [0.15, 0.2) is 17.7 Å². The molecule has 0 saturated carbocycles. The molecule has 9 heteroatoms. The lowest BCUT2D eigenvalue weighted by molar-refractivity contribution is -0.222. The van der Waals surface area contributed by atoms with Crippen LogP contribution in [0.1, 0.15) is 33.3 Å². The molecule has 1 aromatic carbocycles. The van der Waals surface area contributed by atoms with E-state index in [0.717, 1.165) is 0 Å². The number of hydrogen-bond donors (Lipinski definition) is 0. The van der Waals surface area contributed by atoms with Crippen LogP contribution in [0, 0.1) is 3.57 Å². The Balaban J connectivity index is 2.33. The molecule has 1 aliphatic heterocycles. The third kappa shape index (κ3) is 5.60. The molecule has 1 saturated heterocycles. The van der Waals surface area contributed by atoms with E-state index in [0.29, 0.717) is 27.2 Å². The van der Waals surface area contributed by atoms with E-state index in [9.17, 15) is 14.4 Å². The molecule has 0 atom stereocenters. The van der Waals surface area contributed by atoms with Gasteiger partial charge in [0, 0.05) is 13.8 Å². The monoisotopic (exact) mass is 504 g/mol. The predicted octanol–water partition coefficient (Wildman–Crippen LogP) is 2.85. The zero-order valence-electron chi connectivity index (χ0n) is 16.0. The maximum absolute atomic E-state index is 12.1. The molecule has 1 fully saturated rings. The van der Waals surface area contributed by atoms with Crippen molar-refractivity contribution in [1.29, 1.82) is 0 Å². The topological polar surface area (TPSA) is 97.4 Å². The number of hydrogen-bond acceptors (Lipinski definition) is 8. The molecule has 8 nitrogen and oxygen atoms in total. The van der Waals surface area contributed by atoms with E-state index in [-0.39, 0.29) is 18.8 Å². The summed E-state index contributed by atoms with van der Waals surface area (Å²) in [6, 6.07) is 3.27. The third-order valence-electron chi connectivity index (χ3n) is 3.40. The highest BCUT2D eigenvalue weighted by atomic mass is 127. The Morgan fingerprint density at radius 3 is 2.32 bits per heavy atom. The number of esters is 3. The van der Waals surface area contributed by atoms with Crippen LogP contribution in [0.3, 0.4) is 0 Å². The molecule has 0 spiro atoms. The van der Waals surface area contributed by atoms with Gasteiger partial charge in [-0.1, -0.05) is 0 Å². The number of benzene rings is 1. The SMILES string of the molecule is CCOC(=O)COc1c(I)cc(C=C2C(=O)OC(C)(C)OC2=O)cc1OCC. The number of cyclic esters (lactones) is 2. The van der Waals surface area contributed by atoms with E-state index < -0.39 is 23.7 Å². The maximum Gasteiger partial charge on any atom is 0.348 e. The van der Waals surface area contributed by atoms with Crippen molar-refractivity contribution in [2.75, 3.05) is 19.8 Å². The van der Waals surface area contributed by atoms with E-state index in [2.05, 4.69) is 0 Å². The summed E-state index contributed by atoms with van der Waals surface area (Å²) in [6.45, 7) is 6.80. The Kier molecular flexibility index (Phi) is 7.28. The molecule has 0 radical (unpaired) electrons.